The zero-order valence-corrected chi connectivity index (χ0v) is 9.89. The van der Waals surface area contributed by atoms with E-state index < -0.39 is 0 Å². The maximum absolute atomic E-state index is 3.49. The normalized spacial score (nSPS) is 24.0. The van der Waals surface area contributed by atoms with Gasteiger partial charge in [-0.3, -0.25) is 4.90 Å². The van der Waals surface area contributed by atoms with Gasteiger partial charge in [0.25, 0.3) is 0 Å². The summed E-state index contributed by atoms with van der Waals surface area (Å²) < 4.78 is 0. The Hall–Kier alpha value is -0.0800. The fraction of sp³-hybridized carbons (Fsp3) is 1.00. The third-order valence-electron chi connectivity index (χ3n) is 3.22. The van der Waals surface area contributed by atoms with Crippen molar-refractivity contribution < 1.29 is 0 Å². The lowest BCUT2D eigenvalue weighted by atomic mass is 10.0. The summed E-state index contributed by atoms with van der Waals surface area (Å²) in [6.45, 7) is 9.46. The molecule has 0 aromatic carbocycles. The first-order chi connectivity index (χ1) is 6.88. The molecule has 1 N–H and O–H groups in total. The number of rotatable bonds is 6. The van der Waals surface area contributed by atoms with E-state index in [0.29, 0.717) is 0 Å². The van der Waals surface area contributed by atoms with Gasteiger partial charge in [0, 0.05) is 19.1 Å². The number of piperidine rings is 1. The largest absolute Gasteiger partial charge is 0.315 e. The minimum atomic E-state index is 0.868. The lowest BCUT2D eigenvalue weighted by Gasteiger charge is -2.35. The van der Waals surface area contributed by atoms with Crippen molar-refractivity contribution >= 4 is 0 Å². The Labute approximate surface area is 89.1 Å². The molecule has 1 saturated heterocycles. The molecule has 84 valence electrons. The Balaban J connectivity index is 2.13. The van der Waals surface area contributed by atoms with Crippen molar-refractivity contribution in [3.8, 4) is 0 Å². The van der Waals surface area contributed by atoms with Gasteiger partial charge in [0.15, 0.2) is 0 Å². The molecule has 1 unspecified atom stereocenters. The second-order valence-electron chi connectivity index (χ2n) is 4.34. The molecule has 0 aromatic heterocycles. The summed E-state index contributed by atoms with van der Waals surface area (Å²) >= 11 is 0. The summed E-state index contributed by atoms with van der Waals surface area (Å²) in [5.74, 6) is 0. The molecule has 0 radical (unpaired) electrons. The van der Waals surface area contributed by atoms with E-state index in [0.717, 1.165) is 6.04 Å². The van der Waals surface area contributed by atoms with E-state index in [4.69, 9.17) is 0 Å². The molecule has 2 heteroatoms. The highest BCUT2D eigenvalue weighted by molar-refractivity contribution is 4.75. The molecule has 1 fully saturated rings. The average molecular weight is 198 g/mol. The second-order valence-corrected chi connectivity index (χ2v) is 4.34. The highest BCUT2D eigenvalue weighted by Gasteiger charge is 2.19. The van der Waals surface area contributed by atoms with Crippen LogP contribution in [0.15, 0.2) is 0 Å². The van der Waals surface area contributed by atoms with Crippen LogP contribution in [0.5, 0.6) is 0 Å². The predicted molar refractivity (Wildman–Crippen MR) is 62.7 cm³/mol. The minimum absolute atomic E-state index is 0.868. The van der Waals surface area contributed by atoms with Crippen molar-refractivity contribution in [3.05, 3.63) is 0 Å². The van der Waals surface area contributed by atoms with E-state index in [1.807, 2.05) is 0 Å². The standard InChI is InChI=1S/C12H26N2/c1-3-8-13-9-11-14-10-6-5-7-12(14)4-2/h12-13H,3-11H2,1-2H3. The Morgan fingerprint density at radius 2 is 2.07 bits per heavy atom. The van der Waals surface area contributed by atoms with Crippen LogP contribution in [0.4, 0.5) is 0 Å². The van der Waals surface area contributed by atoms with Crippen LogP contribution < -0.4 is 5.32 Å². The molecule has 0 bridgehead atoms. The zero-order valence-electron chi connectivity index (χ0n) is 9.89. The lowest BCUT2D eigenvalue weighted by molar-refractivity contribution is 0.145. The summed E-state index contributed by atoms with van der Waals surface area (Å²) in [4.78, 5) is 2.67. The molecule has 2 nitrogen and oxygen atoms in total. The molecule has 0 saturated carbocycles. The first kappa shape index (κ1) is 12.0. The highest BCUT2D eigenvalue weighted by Crippen LogP contribution is 2.18. The van der Waals surface area contributed by atoms with E-state index in [-0.39, 0.29) is 0 Å². The fourth-order valence-electron chi connectivity index (χ4n) is 2.34. The van der Waals surface area contributed by atoms with Crippen LogP contribution in [0, 0.1) is 0 Å². The third kappa shape index (κ3) is 3.97. The SMILES string of the molecule is CCCNCCN1CCCCC1CC. The van der Waals surface area contributed by atoms with Gasteiger partial charge < -0.3 is 5.32 Å². The van der Waals surface area contributed by atoms with Gasteiger partial charge >= 0.3 is 0 Å². The second kappa shape index (κ2) is 7.24. The van der Waals surface area contributed by atoms with Crippen molar-refractivity contribution in [2.75, 3.05) is 26.2 Å². The Kier molecular flexibility index (Phi) is 6.20. The smallest absolute Gasteiger partial charge is 0.0110 e. The first-order valence-electron chi connectivity index (χ1n) is 6.33. The van der Waals surface area contributed by atoms with Crippen molar-refractivity contribution in [3.63, 3.8) is 0 Å². The van der Waals surface area contributed by atoms with Crippen molar-refractivity contribution in [1.29, 1.82) is 0 Å². The molecule has 0 aromatic rings. The summed E-state index contributed by atoms with van der Waals surface area (Å²) in [7, 11) is 0. The lowest BCUT2D eigenvalue weighted by Crippen LogP contribution is -2.42. The van der Waals surface area contributed by atoms with Crippen LogP contribution in [-0.2, 0) is 0 Å². The van der Waals surface area contributed by atoms with Crippen LogP contribution >= 0.6 is 0 Å². The molecule has 1 rings (SSSR count). The Morgan fingerprint density at radius 1 is 1.21 bits per heavy atom. The van der Waals surface area contributed by atoms with Gasteiger partial charge in [-0.05, 0) is 38.8 Å². The first-order valence-corrected chi connectivity index (χ1v) is 6.33. The molecule has 1 aliphatic heterocycles. The molecule has 0 spiro atoms. The Bertz CT molecular complexity index is 136. The van der Waals surface area contributed by atoms with Crippen LogP contribution in [0.3, 0.4) is 0 Å². The van der Waals surface area contributed by atoms with E-state index in [2.05, 4.69) is 24.1 Å². The van der Waals surface area contributed by atoms with E-state index in [1.54, 1.807) is 0 Å². The van der Waals surface area contributed by atoms with Crippen molar-refractivity contribution in [2.24, 2.45) is 0 Å². The van der Waals surface area contributed by atoms with Crippen LogP contribution in [0.1, 0.15) is 46.0 Å². The molecule has 1 atom stereocenters. The minimum Gasteiger partial charge on any atom is -0.315 e. The molecule has 1 heterocycles. The van der Waals surface area contributed by atoms with Gasteiger partial charge in [0.1, 0.15) is 0 Å². The van der Waals surface area contributed by atoms with Gasteiger partial charge in [0.05, 0.1) is 0 Å². The highest BCUT2D eigenvalue weighted by atomic mass is 15.2. The van der Waals surface area contributed by atoms with Crippen LogP contribution in [-0.4, -0.2) is 37.1 Å². The predicted octanol–water partition coefficient (Wildman–Crippen LogP) is 2.25. The summed E-state index contributed by atoms with van der Waals surface area (Å²) in [6.07, 6.45) is 6.84. The number of nitrogens with one attached hydrogen (secondary N) is 1. The number of nitrogens with zero attached hydrogens (tertiary/aromatic N) is 1. The van der Waals surface area contributed by atoms with Gasteiger partial charge in [-0.15, -0.1) is 0 Å². The van der Waals surface area contributed by atoms with E-state index in [1.165, 1.54) is 58.3 Å². The average Bonchev–Trinajstić information content (AvgIpc) is 2.25. The van der Waals surface area contributed by atoms with Gasteiger partial charge in [-0.2, -0.15) is 0 Å². The summed E-state index contributed by atoms with van der Waals surface area (Å²) in [5.41, 5.74) is 0. The number of likely N-dealkylation sites (tertiary alicyclic amines) is 1. The van der Waals surface area contributed by atoms with Gasteiger partial charge in [0.2, 0.25) is 0 Å². The van der Waals surface area contributed by atoms with E-state index in [9.17, 15) is 0 Å². The summed E-state index contributed by atoms with van der Waals surface area (Å²) in [5, 5.41) is 3.49. The summed E-state index contributed by atoms with van der Waals surface area (Å²) in [6, 6.07) is 0.868. The third-order valence-corrected chi connectivity index (χ3v) is 3.22. The molecular weight excluding hydrogens is 172 g/mol. The maximum Gasteiger partial charge on any atom is 0.0110 e. The zero-order chi connectivity index (χ0) is 10.2. The topological polar surface area (TPSA) is 15.3 Å². The maximum atomic E-state index is 3.49. The van der Waals surface area contributed by atoms with Crippen molar-refractivity contribution in [2.45, 2.75) is 52.0 Å². The number of hydrogen-bond donors (Lipinski definition) is 1. The monoisotopic (exact) mass is 198 g/mol. The molecule has 0 aliphatic carbocycles. The van der Waals surface area contributed by atoms with Crippen LogP contribution in [0.2, 0.25) is 0 Å². The van der Waals surface area contributed by atoms with Gasteiger partial charge in [-0.25, -0.2) is 0 Å². The Morgan fingerprint density at radius 3 is 2.79 bits per heavy atom. The molecule has 1 aliphatic rings. The molecule has 0 amide bonds. The van der Waals surface area contributed by atoms with Gasteiger partial charge in [-0.1, -0.05) is 20.3 Å². The molecular formula is C12H26N2. The van der Waals surface area contributed by atoms with Crippen LogP contribution in [0.25, 0.3) is 0 Å². The quantitative estimate of drug-likeness (QED) is 0.659. The van der Waals surface area contributed by atoms with E-state index >= 15 is 0 Å². The van der Waals surface area contributed by atoms with Crippen molar-refractivity contribution in [1.82, 2.24) is 10.2 Å². The molecule has 14 heavy (non-hydrogen) atoms. The number of hydrogen-bond acceptors (Lipinski definition) is 2. The fourth-order valence-corrected chi connectivity index (χ4v) is 2.34.